The third-order valence-corrected chi connectivity index (χ3v) is 1.18. The monoisotopic (exact) mass is 178 g/mol. The second kappa shape index (κ2) is 2.17. The maximum Gasteiger partial charge on any atom is 0.514 e. The molecule has 0 saturated carbocycles. The number of ether oxygens (including phenoxy) is 2. The van der Waals surface area contributed by atoms with Crippen molar-refractivity contribution in [1.82, 2.24) is 0 Å². The van der Waals surface area contributed by atoms with Gasteiger partial charge in [-0.2, -0.15) is 0 Å². The van der Waals surface area contributed by atoms with Gasteiger partial charge in [-0.25, -0.2) is 4.79 Å². The van der Waals surface area contributed by atoms with E-state index in [4.69, 9.17) is 0 Å². The van der Waals surface area contributed by atoms with E-state index in [0.29, 0.717) is 5.76 Å². The SMILES string of the molecule is O=C1OC/C(=C/Br)O1. The van der Waals surface area contributed by atoms with Gasteiger partial charge in [-0.15, -0.1) is 0 Å². The van der Waals surface area contributed by atoms with E-state index < -0.39 is 6.16 Å². The van der Waals surface area contributed by atoms with Crippen molar-refractivity contribution < 1.29 is 14.3 Å². The Morgan fingerprint density at radius 2 is 2.50 bits per heavy atom. The molecule has 0 aliphatic carbocycles. The smallest absolute Gasteiger partial charge is 0.426 e. The molecule has 8 heavy (non-hydrogen) atoms. The van der Waals surface area contributed by atoms with Gasteiger partial charge in [0.2, 0.25) is 0 Å². The molecular formula is C4H3BrO3. The van der Waals surface area contributed by atoms with Crippen LogP contribution < -0.4 is 0 Å². The van der Waals surface area contributed by atoms with Gasteiger partial charge >= 0.3 is 6.16 Å². The summed E-state index contributed by atoms with van der Waals surface area (Å²) in [6.07, 6.45) is -0.629. The zero-order chi connectivity index (χ0) is 5.98. The van der Waals surface area contributed by atoms with Crippen molar-refractivity contribution in [2.75, 3.05) is 6.61 Å². The van der Waals surface area contributed by atoms with Gasteiger partial charge in [-0.3, -0.25) is 0 Å². The predicted octanol–water partition coefficient (Wildman–Crippen LogP) is 1.39. The summed E-state index contributed by atoms with van der Waals surface area (Å²) in [5.74, 6) is 0.509. The van der Waals surface area contributed by atoms with Gasteiger partial charge in [0.05, 0.1) is 0 Å². The molecule has 1 aliphatic heterocycles. The van der Waals surface area contributed by atoms with Gasteiger partial charge in [-0.05, 0) is 0 Å². The Kier molecular flexibility index (Phi) is 1.53. The molecule has 0 spiro atoms. The van der Waals surface area contributed by atoms with E-state index in [2.05, 4.69) is 25.4 Å². The first kappa shape index (κ1) is 5.62. The summed E-state index contributed by atoms with van der Waals surface area (Å²) < 4.78 is 8.86. The summed E-state index contributed by atoms with van der Waals surface area (Å²) in [5.41, 5.74) is 0. The van der Waals surface area contributed by atoms with E-state index in [0.717, 1.165) is 0 Å². The Hall–Kier alpha value is -0.510. The average molecular weight is 179 g/mol. The summed E-state index contributed by atoms with van der Waals surface area (Å²) in [4.78, 5) is 11.6. The van der Waals surface area contributed by atoms with Crippen molar-refractivity contribution in [3.05, 3.63) is 10.7 Å². The molecule has 0 N–H and O–H groups in total. The number of hydrogen-bond donors (Lipinski definition) is 0. The highest BCUT2D eigenvalue weighted by molar-refractivity contribution is 9.11. The normalized spacial score (nSPS) is 23.1. The second-order valence-electron chi connectivity index (χ2n) is 1.22. The molecule has 0 aromatic rings. The van der Waals surface area contributed by atoms with Crippen molar-refractivity contribution in [2.45, 2.75) is 0 Å². The molecule has 0 bridgehead atoms. The summed E-state index contributed by atoms with van der Waals surface area (Å²) in [6, 6.07) is 0. The van der Waals surface area contributed by atoms with E-state index in [1.165, 1.54) is 4.99 Å². The number of carbonyl (C=O) groups is 1. The molecule has 44 valence electrons. The highest BCUT2D eigenvalue weighted by Crippen LogP contribution is 2.10. The Morgan fingerprint density at radius 3 is 2.75 bits per heavy atom. The molecule has 3 nitrogen and oxygen atoms in total. The number of cyclic esters (lactones) is 2. The second-order valence-corrected chi connectivity index (χ2v) is 1.67. The van der Waals surface area contributed by atoms with Crippen LogP contribution in [0.15, 0.2) is 10.7 Å². The molecular weight excluding hydrogens is 176 g/mol. The van der Waals surface area contributed by atoms with Crippen LogP contribution in [0.2, 0.25) is 0 Å². The minimum Gasteiger partial charge on any atom is -0.426 e. The van der Waals surface area contributed by atoms with Crippen LogP contribution in [0, 0.1) is 0 Å². The highest BCUT2D eigenvalue weighted by Gasteiger charge is 2.16. The van der Waals surface area contributed by atoms with Gasteiger partial charge in [0.25, 0.3) is 0 Å². The third kappa shape index (κ3) is 1.01. The fourth-order valence-electron chi connectivity index (χ4n) is 0.350. The molecule has 0 amide bonds. The largest absolute Gasteiger partial charge is 0.514 e. The van der Waals surface area contributed by atoms with Crippen LogP contribution in [0.3, 0.4) is 0 Å². The van der Waals surface area contributed by atoms with Gasteiger partial charge in [0, 0.05) is 4.99 Å². The van der Waals surface area contributed by atoms with E-state index in [-0.39, 0.29) is 6.61 Å². The standard InChI is InChI=1S/C4H3BrO3/c5-1-3-2-7-4(6)8-3/h1H,2H2/b3-1-. The summed E-state index contributed by atoms with van der Waals surface area (Å²) >= 11 is 2.98. The molecule has 1 heterocycles. The quantitative estimate of drug-likeness (QED) is 0.527. The van der Waals surface area contributed by atoms with Crippen molar-refractivity contribution in [2.24, 2.45) is 0 Å². The van der Waals surface area contributed by atoms with Crippen LogP contribution in [-0.4, -0.2) is 12.8 Å². The first-order chi connectivity index (χ1) is 3.83. The maximum absolute atomic E-state index is 10.1. The average Bonchev–Trinajstić information content (AvgIpc) is 2.14. The first-order valence-electron chi connectivity index (χ1n) is 1.97. The minimum atomic E-state index is -0.629. The molecule has 0 aromatic heterocycles. The van der Waals surface area contributed by atoms with E-state index >= 15 is 0 Å². The lowest BCUT2D eigenvalue weighted by atomic mass is 10.6. The first-order valence-corrected chi connectivity index (χ1v) is 2.88. The van der Waals surface area contributed by atoms with E-state index in [9.17, 15) is 4.79 Å². The summed E-state index contributed by atoms with van der Waals surface area (Å²) in [5, 5.41) is 0. The molecule has 0 atom stereocenters. The van der Waals surface area contributed by atoms with Crippen LogP contribution in [0.1, 0.15) is 0 Å². The van der Waals surface area contributed by atoms with Crippen LogP contribution in [-0.2, 0) is 9.47 Å². The number of rotatable bonds is 0. The summed E-state index contributed by atoms with van der Waals surface area (Å²) in [7, 11) is 0. The molecule has 1 fully saturated rings. The highest BCUT2D eigenvalue weighted by atomic mass is 79.9. The molecule has 0 unspecified atom stereocenters. The maximum atomic E-state index is 10.1. The Balaban J connectivity index is 2.56. The molecule has 0 aromatic carbocycles. The predicted molar refractivity (Wildman–Crippen MR) is 29.4 cm³/mol. The Morgan fingerprint density at radius 1 is 1.75 bits per heavy atom. The van der Waals surface area contributed by atoms with Gasteiger partial charge in [-0.1, -0.05) is 15.9 Å². The van der Waals surface area contributed by atoms with E-state index in [1.54, 1.807) is 0 Å². The van der Waals surface area contributed by atoms with Gasteiger partial charge < -0.3 is 9.47 Å². The van der Waals surface area contributed by atoms with Crippen LogP contribution >= 0.6 is 15.9 Å². The lowest BCUT2D eigenvalue weighted by molar-refractivity contribution is 0.136. The zero-order valence-electron chi connectivity index (χ0n) is 3.89. The molecule has 1 rings (SSSR count). The topological polar surface area (TPSA) is 35.5 Å². The third-order valence-electron chi connectivity index (χ3n) is 0.668. The zero-order valence-corrected chi connectivity index (χ0v) is 5.47. The molecule has 1 aliphatic rings. The van der Waals surface area contributed by atoms with Crippen molar-refractivity contribution in [3.8, 4) is 0 Å². The Labute approximate surface area is 54.4 Å². The fraction of sp³-hybridized carbons (Fsp3) is 0.250. The number of carbonyl (C=O) groups excluding carboxylic acids is 1. The number of hydrogen-bond acceptors (Lipinski definition) is 3. The van der Waals surface area contributed by atoms with Crippen LogP contribution in [0.25, 0.3) is 0 Å². The van der Waals surface area contributed by atoms with Crippen molar-refractivity contribution in [3.63, 3.8) is 0 Å². The van der Waals surface area contributed by atoms with Gasteiger partial charge in [0.15, 0.2) is 12.4 Å². The van der Waals surface area contributed by atoms with Crippen molar-refractivity contribution >= 4 is 22.1 Å². The minimum absolute atomic E-state index is 0.240. The molecule has 4 heteroatoms. The fourth-order valence-corrected chi connectivity index (χ4v) is 0.575. The van der Waals surface area contributed by atoms with Gasteiger partial charge in [0.1, 0.15) is 0 Å². The molecule has 1 saturated heterocycles. The lowest BCUT2D eigenvalue weighted by Crippen LogP contribution is -1.88. The molecule has 0 radical (unpaired) electrons. The lowest BCUT2D eigenvalue weighted by Gasteiger charge is -1.82. The summed E-state index contributed by atoms with van der Waals surface area (Å²) in [6.45, 7) is 0.240. The van der Waals surface area contributed by atoms with Crippen LogP contribution in [0.4, 0.5) is 4.79 Å². The van der Waals surface area contributed by atoms with E-state index in [1.807, 2.05) is 0 Å². The van der Waals surface area contributed by atoms with Crippen LogP contribution in [0.5, 0.6) is 0 Å². The van der Waals surface area contributed by atoms with Crippen molar-refractivity contribution in [1.29, 1.82) is 0 Å². The Bertz CT molecular complexity index is 140. The number of halogens is 1.